The van der Waals surface area contributed by atoms with Gasteiger partial charge in [0.25, 0.3) is 0 Å². The molecule has 1 amide bonds. The third-order valence-corrected chi connectivity index (χ3v) is 14.7. The number of aliphatic hydroxyl groups excluding tert-OH is 7. The van der Waals surface area contributed by atoms with Crippen molar-refractivity contribution in [2.45, 2.75) is 339 Å². The van der Waals surface area contributed by atoms with Crippen molar-refractivity contribution in [2.24, 2.45) is 0 Å². The van der Waals surface area contributed by atoms with Crippen molar-refractivity contribution < 1.29 is 50.0 Å². The summed E-state index contributed by atoms with van der Waals surface area (Å²) in [6, 6.07) is -1.19. The number of hydrogen-bond donors (Lipinski definition) is 8. The van der Waals surface area contributed by atoms with Crippen LogP contribution >= 0.6 is 0 Å². The Bertz CT molecular complexity index is 1200. The van der Waals surface area contributed by atoms with Crippen LogP contribution in [0.1, 0.15) is 284 Å². The largest absolute Gasteiger partial charge is 0.394 e. The van der Waals surface area contributed by atoms with Gasteiger partial charge in [0, 0.05) is 0 Å². The molecule has 0 aliphatic carbocycles. The van der Waals surface area contributed by atoms with Gasteiger partial charge in [-0.3, -0.25) is 4.79 Å². The molecule has 9 atom stereocenters. The molecule has 0 saturated carbocycles. The molecular weight excluding hydrogens is 895 g/mol. The standard InChI is InChI=1S/C60H115NO10/c1-3-5-7-9-11-13-15-17-19-21-23-24-25-26-27-28-29-30-32-34-36-38-40-42-44-46-48-53(64)59(69)61-51(50-70-60-58(68)57(67)56(66)54(49-62)71-60)55(65)52(63)47-45-43-41-39-37-35-33-31-22-20-18-16-14-12-10-8-6-4-2/h31,33,39,41,51-58,60,62-68H,3-30,32,34-38,40,42-50H2,1-2H3,(H,61,69)/b33-31+,41-39+. The lowest BCUT2D eigenvalue weighted by Crippen LogP contribution is -2.60. The highest BCUT2D eigenvalue weighted by Crippen LogP contribution is 2.23. The molecule has 0 aromatic carbocycles. The number of ether oxygens (including phenoxy) is 2. The molecular formula is C60H115NO10. The third kappa shape index (κ3) is 37.9. The summed E-state index contributed by atoms with van der Waals surface area (Å²) in [6.45, 7) is 3.47. The van der Waals surface area contributed by atoms with Crippen molar-refractivity contribution in [1.29, 1.82) is 0 Å². The van der Waals surface area contributed by atoms with E-state index >= 15 is 0 Å². The van der Waals surface area contributed by atoms with Crippen LogP contribution in [0.2, 0.25) is 0 Å². The Morgan fingerprint density at radius 3 is 1.25 bits per heavy atom. The highest BCUT2D eigenvalue weighted by Gasteiger charge is 2.44. The molecule has 11 heteroatoms. The molecule has 1 rings (SSSR count). The quantitative estimate of drug-likeness (QED) is 0.0215. The van der Waals surface area contributed by atoms with Gasteiger partial charge >= 0.3 is 0 Å². The minimum absolute atomic E-state index is 0.249. The highest BCUT2D eigenvalue weighted by atomic mass is 16.7. The van der Waals surface area contributed by atoms with Crippen LogP contribution in [0.25, 0.3) is 0 Å². The van der Waals surface area contributed by atoms with Crippen molar-refractivity contribution in [2.75, 3.05) is 13.2 Å². The maximum atomic E-state index is 13.2. The fourth-order valence-corrected chi connectivity index (χ4v) is 9.81. The zero-order valence-corrected chi connectivity index (χ0v) is 46.0. The Hall–Kier alpha value is -1.41. The number of rotatable bonds is 52. The Morgan fingerprint density at radius 2 is 0.845 bits per heavy atom. The van der Waals surface area contributed by atoms with Gasteiger partial charge in [0.1, 0.15) is 36.6 Å². The van der Waals surface area contributed by atoms with Crippen LogP contribution < -0.4 is 5.32 Å². The van der Waals surface area contributed by atoms with E-state index in [1.54, 1.807) is 0 Å². The molecule has 0 aromatic rings. The maximum Gasteiger partial charge on any atom is 0.249 e. The molecule has 11 nitrogen and oxygen atoms in total. The second-order valence-electron chi connectivity index (χ2n) is 21.4. The molecule has 1 fully saturated rings. The molecule has 1 heterocycles. The van der Waals surface area contributed by atoms with E-state index in [1.165, 1.54) is 199 Å². The first-order valence-corrected chi connectivity index (χ1v) is 30.2. The number of allylic oxidation sites excluding steroid dienone is 4. The molecule has 8 N–H and O–H groups in total. The Morgan fingerprint density at radius 1 is 0.479 bits per heavy atom. The summed E-state index contributed by atoms with van der Waals surface area (Å²) < 4.78 is 11.1. The molecule has 420 valence electrons. The Labute approximate surface area is 435 Å². The van der Waals surface area contributed by atoms with Gasteiger partial charge in [0.05, 0.1) is 25.4 Å². The summed E-state index contributed by atoms with van der Waals surface area (Å²) in [6.07, 6.45) is 48.1. The number of carbonyl (C=O) groups is 1. The summed E-state index contributed by atoms with van der Waals surface area (Å²) >= 11 is 0. The van der Waals surface area contributed by atoms with Crippen LogP contribution in [0, 0.1) is 0 Å². The van der Waals surface area contributed by atoms with Gasteiger partial charge in [0.15, 0.2) is 6.29 Å². The lowest BCUT2D eigenvalue weighted by Gasteiger charge is -2.40. The van der Waals surface area contributed by atoms with Gasteiger partial charge in [-0.25, -0.2) is 0 Å². The van der Waals surface area contributed by atoms with Gasteiger partial charge in [-0.05, 0) is 51.4 Å². The first kappa shape index (κ1) is 67.6. The van der Waals surface area contributed by atoms with E-state index in [1.807, 2.05) is 0 Å². The second-order valence-corrected chi connectivity index (χ2v) is 21.4. The van der Waals surface area contributed by atoms with Crippen molar-refractivity contribution >= 4 is 5.91 Å². The van der Waals surface area contributed by atoms with Crippen molar-refractivity contribution in [1.82, 2.24) is 5.32 Å². The topological polar surface area (TPSA) is 189 Å². The Balaban J connectivity index is 2.28. The molecule has 0 radical (unpaired) electrons. The minimum Gasteiger partial charge on any atom is -0.394 e. The highest BCUT2D eigenvalue weighted by molar-refractivity contribution is 5.80. The van der Waals surface area contributed by atoms with E-state index in [0.29, 0.717) is 19.3 Å². The first-order valence-electron chi connectivity index (χ1n) is 30.2. The molecule has 9 unspecified atom stereocenters. The van der Waals surface area contributed by atoms with Crippen LogP contribution in [0.5, 0.6) is 0 Å². The predicted octanol–water partition coefficient (Wildman–Crippen LogP) is 12.9. The molecule has 1 aliphatic rings. The number of amides is 1. The lowest BCUT2D eigenvalue weighted by atomic mass is 9.98. The minimum atomic E-state index is -1.67. The van der Waals surface area contributed by atoms with Gasteiger partial charge < -0.3 is 50.5 Å². The van der Waals surface area contributed by atoms with E-state index in [0.717, 1.165) is 38.5 Å². The normalized spacial score (nSPS) is 20.3. The summed E-state index contributed by atoms with van der Waals surface area (Å²) in [5.41, 5.74) is 0. The molecule has 71 heavy (non-hydrogen) atoms. The third-order valence-electron chi connectivity index (χ3n) is 14.7. The predicted molar refractivity (Wildman–Crippen MR) is 293 cm³/mol. The average Bonchev–Trinajstić information content (AvgIpc) is 3.37. The summed E-state index contributed by atoms with van der Waals surface area (Å²) in [4.78, 5) is 13.2. The van der Waals surface area contributed by atoms with Crippen molar-refractivity contribution in [3.05, 3.63) is 24.3 Å². The number of hydrogen-bond acceptors (Lipinski definition) is 10. The van der Waals surface area contributed by atoms with Crippen molar-refractivity contribution in [3.63, 3.8) is 0 Å². The zero-order valence-electron chi connectivity index (χ0n) is 46.0. The molecule has 0 spiro atoms. The van der Waals surface area contributed by atoms with E-state index < -0.39 is 74.2 Å². The van der Waals surface area contributed by atoms with Gasteiger partial charge in [-0.2, -0.15) is 0 Å². The van der Waals surface area contributed by atoms with Gasteiger partial charge in [-0.1, -0.05) is 256 Å². The Kier molecular flexibility index (Phi) is 47.1. The average molecular weight is 1010 g/mol. The van der Waals surface area contributed by atoms with Crippen LogP contribution in [0.4, 0.5) is 0 Å². The number of aliphatic hydroxyl groups is 7. The van der Waals surface area contributed by atoms with Gasteiger partial charge in [0.2, 0.25) is 5.91 Å². The van der Waals surface area contributed by atoms with E-state index in [-0.39, 0.29) is 12.8 Å². The monoisotopic (exact) mass is 1010 g/mol. The number of carbonyl (C=O) groups excluding carboxylic acids is 1. The van der Waals surface area contributed by atoms with Crippen LogP contribution in [-0.4, -0.2) is 110 Å². The number of nitrogens with one attached hydrogen (secondary N) is 1. The van der Waals surface area contributed by atoms with E-state index in [9.17, 15) is 40.5 Å². The molecule has 0 bridgehead atoms. The lowest BCUT2D eigenvalue weighted by molar-refractivity contribution is -0.303. The molecule has 1 aliphatic heterocycles. The van der Waals surface area contributed by atoms with Gasteiger partial charge in [-0.15, -0.1) is 0 Å². The summed E-state index contributed by atoms with van der Waals surface area (Å²) in [5.74, 6) is -0.705. The molecule has 0 aromatic heterocycles. The first-order chi connectivity index (χ1) is 34.7. The summed E-state index contributed by atoms with van der Waals surface area (Å²) in [5, 5.41) is 76.1. The number of unbranched alkanes of at least 4 members (excludes halogenated alkanes) is 36. The fraction of sp³-hybridized carbons (Fsp3) is 0.917. The second kappa shape index (κ2) is 49.5. The van der Waals surface area contributed by atoms with Crippen LogP contribution in [0.3, 0.4) is 0 Å². The van der Waals surface area contributed by atoms with E-state index in [4.69, 9.17) is 9.47 Å². The summed E-state index contributed by atoms with van der Waals surface area (Å²) in [7, 11) is 0. The van der Waals surface area contributed by atoms with Crippen LogP contribution in [-0.2, 0) is 14.3 Å². The SMILES string of the molecule is CCCCCCCCCCC/C=C/CC/C=C/CCCC(O)C(O)C(COC1OC(CO)C(O)C(O)C1O)NC(=O)C(O)CCCCCCCCCCCCCCCCCCCCCCCCCCCC. The smallest absolute Gasteiger partial charge is 0.249 e. The van der Waals surface area contributed by atoms with Crippen molar-refractivity contribution in [3.8, 4) is 0 Å². The fourth-order valence-electron chi connectivity index (χ4n) is 9.81. The van der Waals surface area contributed by atoms with Crippen LogP contribution in [0.15, 0.2) is 24.3 Å². The van der Waals surface area contributed by atoms with E-state index in [2.05, 4.69) is 43.5 Å². The maximum absolute atomic E-state index is 13.2. The molecule has 1 saturated heterocycles. The zero-order chi connectivity index (χ0) is 51.8.